The fraction of sp³-hybridized carbons (Fsp3) is 0.250. The van der Waals surface area contributed by atoms with Crippen molar-refractivity contribution in [1.29, 1.82) is 0 Å². The maximum atomic E-state index is 12.1. The molecular formula is C16H16O5S. The number of para-hydroxylation sites is 2. The second kappa shape index (κ2) is 5.98. The van der Waals surface area contributed by atoms with Crippen molar-refractivity contribution in [3.05, 3.63) is 54.1 Å². The van der Waals surface area contributed by atoms with Crippen molar-refractivity contribution < 1.29 is 22.1 Å². The third-order valence-corrected chi connectivity index (χ3v) is 4.58. The van der Waals surface area contributed by atoms with E-state index in [0.29, 0.717) is 11.5 Å². The Bertz CT molecular complexity index is 752. The Labute approximate surface area is 129 Å². The van der Waals surface area contributed by atoms with Crippen molar-refractivity contribution in [2.45, 2.75) is 17.9 Å². The number of benzene rings is 2. The van der Waals surface area contributed by atoms with Gasteiger partial charge in [-0.25, -0.2) is 0 Å². The largest absolute Gasteiger partial charge is 0.486 e. The minimum Gasteiger partial charge on any atom is -0.486 e. The summed E-state index contributed by atoms with van der Waals surface area (Å²) in [6.07, 6.45) is -0.463. The summed E-state index contributed by atoms with van der Waals surface area (Å²) in [5.41, 5.74) is 0.986. The van der Waals surface area contributed by atoms with Gasteiger partial charge in [-0.05, 0) is 31.2 Å². The predicted molar refractivity (Wildman–Crippen MR) is 80.7 cm³/mol. The topological polar surface area (TPSA) is 61.8 Å². The highest BCUT2D eigenvalue weighted by Crippen LogP contribution is 2.31. The molecule has 0 N–H and O–H groups in total. The Morgan fingerprint density at radius 2 is 1.77 bits per heavy atom. The van der Waals surface area contributed by atoms with Crippen LogP contribution in [0.5, 0.6) is 11.5 Å². The van der Waals surface area contributed by atoms with E-state index in [1.54, 1.807) is 24.3 Å². The molecule has 0 saturated carbocycles. The van der Waals surface area contributed by atoms with E-state index in [1.165, 1.54) is 12.1 Å². The molecule has 0 aromatic heterocycles. The monoisotopic (exact) mass is 320 g/mol. The number of fused-ring (bicyclic) bond motifs is 1. The maximum Gasteiger partial charge on any atom is 0.297 e. The van der Waals surface area contributed by atoms with Crippen molar-refractivity contribution in [3.8, 4) is 11.5 Å². The van der Waals surface area contributed by atoms with Gasteiger partial charge < -0.3 is 9.47 Å². The average Bonchev–Trinajstić information content (AvgIpc) is 2.53. The molecule has 0 amide bonds. The molecule has 22 heavy (non-hydrogen) atoms. The van der Waals surface area contributed by atoms with Crippen LogP contribution in [-0.4, -0.2) is 27.7 Å². The van der Waals surface area contributed by atoms with Crippen LogP contribution in [-0.2, 0) is 14.3 Å². The van der Waals surface area contributed by atoms with Crippen LogP contribution in [0.25, 0.3) is 0 Å². The summed E-state index contributed by atoms with van der Waals surface area (Å²) in [5, 5.41) is 0. The first kappa shape index (κ1) is 14.9. The van der Waals surface area contributed by atoms with Crippen molar-refractivity contribution in [1.82, 2.24) is 0 Å². The van der Waals surface area contributed by atoms with Gasteiger partial charge in [0.15, 0.2) is 17.6 Å². The summed E-state index contributed by atoms with van der Waals surface area (Å²) in [7, 11) is -3.79. The van der Waals surface area contributed by atoms with E-state index in [4.69, 9.17) is 13.7 Å². The van der Waals surface area contributed by atoms with E-state index in [1.807, 2.05) is 19.1 Å². The second-order valence-electron chi connectivity index (χ2n) is 5.05. The Balaban J connectivity index is 1.64. The average molecular weight is 320 g/mol. The molecule has 0 fully saturated rings. The van der Waals surface area contributed by atoms with Gasteiger partial charge in [-0.2, -0.15) is 8.42 Å². The Morgan fingerprint density at radius 3 is 2.50 bits per heavy atom. The molecule has 0 saturated heterocycles. The predicted octanol–water partition coefficient (Wildman–Crippen LogP) is 2.54. The lowest BCUT2D eigenvalue weighted by atomic mass is 10.2. The summed E-state index contributed by atoms with van der Waals surface area (Å²) in [4.78, 5) is 0.134. The number of hydrogen-bond acceptors (Lipinski definition) is 5. The summed E-state index contributed by atoms with van der Waals surface area (Å²) >= 11 is 0. The van der Waals surface area contributed by atoms with Crippen LogP contribution in [0.3, 0.4) is 0 Å². The molecule has 116 valence electrons. The Kier molecular flexibility index (Phi) is 4.04. The number of ether oxygens (including phenoxy) is 2. The highest BCUT2D eigenvalue weighted by Gasteiger charge is 2.24. The van der Waals surface area contributed by atoms with Gasteiger partial charge >= 0.3 is 0 Å². The molecule has 0 bridgehead atoms. The standard InChI is InChI=1S/C16H16O5S/c1-12-6-8-14(9-7-12)22(17,18)20-11-13-10-19-15-4-2-3-5-16(15)21-13/h2-9,13H,10-11H2,1H3. The highest BCUT2D eigenvalue weighted by molar-refractivity contribution is 7.86. The van der Waals surface area contributed by atoms with Crippen LogP contribution in [0.4, 0.5) is 0 Å². The second-order valence-corrected chi connectivity index (χ2v) is 6.66. The summed E-state index contributed by atoms with van der Waals surface area (Å²) in [5.74, 6) is 1.25. The van der Waals surface area contributed by atoms with Crippen molar-refractivity contribution >= 4 is 10.1 Å². The molecule has 0 radical (unpaired) electrons. The van der Waals surface area contributed by atoms with E-state index in [2.05, 4.69) is 0 Å². The fourth-order valence-corrected chi connectivity index (χ4v) is 3.02. The molecular weight excluding hydrogens is 304 g/mol. The summed E-state index contributed by atoms with van der Waals surface area (Å²) < 4.78 is 40.5. The molecule has 1 unspecified atom stereocenters. The quantitative estimate of drug-likeness (QED) is 0.810. The number of hydrogen-bond donors (Lipinski definition) is 0. The molecule has 2 aromatic rings. The molecule has 1 aliphatic heterocycles. The van der Waals surface area contributed by atoms with E-state index >= 15 is 0 Å². The van der Waals surface area contributed by atoms with E-state index in [0.717, 1.165) is 5.56 Å². The summed E-state index contributed by atoms with van der Waals surface area (Å²) in [6.45, 7) is 2.05. The van der Waals surface area contributed by atoms with Crippen molar-refractivity contribution in [2.24, 2.45) is 0 Å². The van der Waals surface area contributed by atoms with Crippen molar-refractivity contribution in [3.63, 3.8) is 0 Å². The zero-order valence-corrected chi connectivity index (χ0v) is 12.9. The lowest BCUT2D eigenvalue weighted by molar-refractivity contribution is 0.0555. The van der Waals surface area contributed by atoms with E-state index in [9.17, 15) is 8.42 Å². The van der Waals surface area contributed by atoms with Crippen LogP contribution in [0.1, 0.15) is 5.56 Å². The van der Waals surface area contributed by atoms with Gasteiger partial charge in [-0.3, -0.25) is 4.18 Å². The first-order chi connectivity index (χ1) is 10.5. The SMILES string of the molecule is Cc1ccc(S(=O)(=O)OCC2COc3ccccc3O2)cc1. The van der Waals surface area contributed by atoms with Crippen molar-refractivity contribution in [2.75, 3.05) is 13.2 Å². The highest BCUT2D eigenvalue weighted by atomic mass is 32.2. The van der Waals surface area contributed by atoms with E-state index in [-0.39, 0.29) is 18.1 Å². The van der Waals surface area contributed by atoms with Gasteiger partial charge in [0, 0.05) is 0 Å². The molecule has 5 nitrogen and oxygen atoms in total. The van der Waals surface area contributed by atoms with Crippen LogP contribution >= 0.6 is 0 Å². The molecule has 1 atom stereocenters. The Hall–Kier alpha value is -2.05. The normalized spacial score (nSPS) is 17.2. The molecule has 1 aliphatic rings. The zero-order chi connectivity index (χ0) is 15.6. The number of rotatable bonds is 4. The van der Waals surface area contributed by atoms with Gasteiger partial charge in [-0.1, -0.05) is 29.8 Å². The minimum absolute atomic E-state index is 0.0927. The van der Waals surface area contributed by atoms with Crippen LogP contribution in [0.2, 0.25) is 0 Å². The third-order valence-electron chi connectivity index (χ3n) is 3.29. The molecule has 1 heterocycles. The molecule has 0 spiro atoms. The maximum absolute atomic E-state index is 12.1. The van der Waals surface area contributed by atoms with Gasteiger partial charge in [-0.15, -0.1) is 0 Å². The lowest BCUT2D eigenvalue weighted by Gasteiger charge is -2.25. The molecule has 3 rings (SSSR count). The Morgan fingerprint density at radius 1 is 1.09 bits per heavy atom. The van der Waals surface area contributed by atoms with Crippen LogP contribution < -0.4 is 9.47 Å². The summed E-state index contributed by atoms with van der Waals surface area (Å²) in [6, 6.07) is 13.8. The van der Waals surface area contributed by atoms with Gasteiger partial charge in [0.05, 0.1) is 4.90 Å². The first-order valence-corrected chi connectivity index (χ1v) is 8.30. The lowest BCUT2D eigenvalue weighted by Crippen LogP contribution is -2.34. The third kappa shape index (κ3) is 3.23. The van der Waals surface area contributed by atoms with Gasteiger partial charge in [0.25, 0.3) is 10.1 Å². The van der Waals surface area contributed by atoms with E-state index < -0.39 is 16.2 Å². The van der Waals surface area contributed by atoms with Crippen LogP contribution in [0.15, 0.2) is 53.4 Å². The van der Waals surface area contributed by atoms with Gasteiger partial charge in [0.2, 0.25) is 0 Å². The smallest absolute Gasteiger partial charge is 0.297 e. The molecule has 2 aromatic carbocycles. The fourth-order valence-electron chi connectivity index (χ4n) is 2.08. The first-order valence-electron chi connectivity index (χ1n) is 6.89. The van der Waals surface area contributed by atoms with Gasteiger partial charge in [0.1, 0.15) is 13.2 Å². The molecule has 0 aliphatic carbocycles. The molecule has 6 heteroatoms. The minimum atomic E-state index is -3.79. The zero-order valence-electron chi connectivity index (χ0n) is 12.1. The van der Waals surface area contributed by atoms with Crippen LogP contribution in [0, 0.1) is 6.92 Å². The number of aryl methyl sites for hydroxylation is 1.